The predicted octanol–water partition coefficient (Wildman–Crippen LogP) is 31.0. The number of ether oxygens (including phenoxy) is 2. The molecule has 0 radical (unpaired) electrons. The Bertz CT molecular complexity index is 1540. The smallest absolute Gasteiger partial charge is 0.466 e. The molecule has 0 aliphatic heterocycles. The number of esters is 2. The molecule has 0 rings (SSSR count). The third-order valence-electron chi connectivity index (χ3n) is 20.5. The number of rotatable bonds is 84. The van der Waals surface area contributed by atoms with E-state index in [-0.39, 0.29) is 24.1 Å². The minimum Gasteiger partial charge on any atom is -0.466 e. The number of allylic oxidation sites excluding steroid dienone is 2. The molecule has 0 aromatic carbocycles. The van der Waals surface area contributed by atoms with Crippen LogP contribution in [0.3, 0.4) is 0 Å². The van der Waals surface area contributed by atoms with E-state index in [2.05, 4.69) is 52.0 Å². The van der Waals surface area contributed by atoms with Gasteiger partial charge in [-0.25, -0.2) is 4.57 Å². The van der Waals surface area contributed by atoms with Crippen LogP contribution < -0.4 is 0 Å². The van der Waals surface area contributed by atoms with Crippen LogP contribution >= 0.6 is 7.82 Å². The Balaban J connectivity index is 4.08. The van der Waals surface area contributed by atoms with Gasteiger partial charge in [0.05, 0.1) is 25.4 Å². The molecule has 8 nitrogen and oxygen atoms in total. The first-order valence-electron chi connectivity index (χ1n) is 44.1. The number of carbonyl (C=O) groups excluding carboxylic acids is 2. The first-order valence-corrected chi connectivity index (χ1v) is 45.6. The van der Waals surface area contributed by atoms with Gasteiger partial charge < -0.3 is 14.4 Å². The fourth-order valence-corrected chi connectivity index (χ4v) is 15.1. The standard InChI is InChI=1S/C88H171O8P/c1-5-9-13-17-19-21-23-25-27-29-31-33-35-37-39-41-43-45-47-49-55-61-67-75-83-93-87(89)81-73-65-59-53-51-57-63-71-79-85(77-69-15-11-7-3)95-97(91,92)96-86(78-70-16-12-8-4)80-72-64-58-52-54-60-66-74-82-88(90)94-84-76-68-62-56-50-48-46-44-42-40-38-36-34-32-30-28-26-24-22-20-18-14-10-6-2/h63-64,71-72,85-86H,5-62,65-70,73-84H2,1-4H3,(H,91,92)/b71-63-,72-64-/t85-,86-/m1/s1. The summed E-state index contributed by atoms with van der Waals surface area (Å²) in [4.78, 5) is 35.9. The van der Waals surface area contributed by atoms with Crippen molar-refractivity contribution in [2.75, 3.05) is 13.2 Å². The van der Waals surface area contributed by atoms with E-state index < -0.39 is 7.82 Å². The highest BCUT2D eigenvalue weighted by Crippen LogP contribution is 2.48. The maximum absolute atomic E-state index is 13.6. The van der Waals surface area contributed by atoms with Gasteiger partial charge in [0.25, 0.3) is 0 Å². The lowest BCUT2D eigenvalue weighted by molar-refractivity contribution is -0.144. The lowest BCUT2D eigenvalue weighted by Gasteiger charge is -2.24. The molecule has 0 amide bonds. The summed E-state index contributed by atoms with van der Waals surface area (Å²) in [5.41, 5.74) is 0. The molecule has 0 unspecified atom stereocenters. The largest absolute Gasteiger partial charge is 0.472 e. The second-order valence-electron chi connectivity index (χ2n) is 30.4. The Labute approximate surface area is 606 Å². The SMILES string of the molecule is CCCCCCCCCCCCCCCCCCCCCCCCCCOC(=O)CCCCCCC/C=C\C[C@@H](CCCCCC)OP(=O)(O)O[C@@H](C/C=C\CCCCCCCC(=O)OCCCCCCCCCCCCCCCCCCCCCCCCCC)CCCCCC. The van der Waals surface area contributed by atoms with E-state index >= 15 is 0 Å². The highest BCUT2D eigenvalue weighted by molar-refractivity contribution is 7.47. The van der Waals surface area contributed by atoms with E-state index in [0.717, 1.165) is 167 Å². The zero-order chi connectivity index (χ0) is 70.2. The second-order valence-corrected chi connectivity index (χ2v) is 31.7. The summed E-state index contributed by atoms with van der Waals surface area (Å²) in [6.07, 6.45) is 99.4. The van der Waals surface area contributed by atoms with E-state index in [1.54, 1.807) is 0 Å². The number of phosphoric ester groups is 1. The topological polar surface area (TPSA) is 108 Å². The molecule has 0 aromatic heterocycles. The van der Waals surface area contributed by atoms with Crippen molar-refractivity contribution in [1.82, 2.24) is 0 Å². The molecular formula is C88H171O8P. The second kappa shape index (κ2) is 81.8. The van der Waals surface area contributed by atoms with Crippen molar-refractivity contribution in [3.05, 3.63) is 24.3 Å². The molecule has 1 N–H and O–H groups in total. The van der Waals surface area contributed by atoms with Crippen LogP contribution in [0.25, 0.3) is 0 Å². The number of phosphoric acid groups is 1. The molecule has 2 atom stereocenters. The summed E-state index contributed by atoms with van der Waals surface area (Å²) in [6.45, 7) is 10.1. The Hall–Kier alpha value is -1.47. The number of hydrogen-bond acceptors (Lipinski definition) is 7. The minimum absolute atomic E-state index is 0.0390. The molecule has 576 valence electrons. The molecule has 0 bridgehead atoms. The molecule has 0 aromatic rings. The van der Waals surface area contributed by atoms with Crippen LogP contribution in [0.15, 0.2) is 24.3 Å². The number of carbonyl (C=O) groups is 2. The third-order valence-corrected chi connectivity index (χ3v) is 21.6. The lowest BCUT2D eigenvalue weighted by Crippen LogP contribution is -2.16. The summed E-state index contributed by atoms with van der Waals surface area (Å²) in [5, 5.41) is 0. The van der Waals surface area contributed by atoms with Crippen LogP contribution in [0, 0.1) is 0 Å². The summed E-state index contributed by atoms with van der Waals surface area (Å²) in [6, 6.07) is 0. The molecular weight excluding hydrogens is 1220 g/mol. The maximum atomic E-state index is 13.6. The van der Waals surface area contributed by atoms with Gasteiger partial charge in [-0.15, -0.1) is 0 Å². The first kappa shape index (κ1) is 95.5. The highest BCUT2D eigenvalue weighted by Gasteiger charge is 2.29. The van der Waals surface area contributed by atoms with Crippen molar-refractivity contribution < 1.29 is 37.6 Å². The molecule has 0 saturated carbocycles. The minimum atomic E-state index is -4.27. The normalized spacial score (nSPS) is 12.7. The van der Waals surface area contributed by atoms with E-state index in [4.69, 9.17) is 18.5 Å². The molecule has 0 saturated heterocycles. The third kappa shape index (κ3) is 80.1. The van der Waals surface area contributed by atoms with Gasteiger partial charge in [-0.3, -0.25) is 18.6 Å². The van der Waals surface area contributed by atoms with Crippen molar-refractivity contribution >= 4 is 19.8 Å². The fraction of sp³-hybridized carbons (Fsp3) is 0.932. The van der Waals surface area contributed by atoms with E-state index in [9.17, 15) is 19.0 Å². The van der Waals surface area contributed by atoms with Crippen LogP contribution in [-0.2, 0) is 32.7 Å². The van der Waals surface area contributed by atoms with Crippen LogP contribution in [0.4, 0.5) is 0 Å². The maximum Gasteiger partial charge on any atom is 0.472 e. The van der Waals surface area contributed by atoms with E-state index in [0.29, 0.717) is 38.9 Å². The van der Waals surface area contributed by atoms with Gasteiger partial charge in [0.2, 0.25) is 0 Å². The van der Waals surface area contributed by atoms with Gasteiger partial charge in [-0.05, 0) is 77.0 Å². The molecule has 97 heavy (non-hydrogen) atoms. The van der Waals surface area contributed by atoms with Gasteiger partial charge in [-0.2, -0.15) is 0 Å². The predicted molar refractivity (Wildman–Crippen MR) is 424 cm³/mol. The zero-order valence-electron chi connectivity index (χ0n) is 66.0. The van der Waals surface area contributed by atoms with Crippen molar-refractivity contribution in [2.45, 2.75) is 515 Å². The summed E-state index contributed by atoms with van der Waals surface area (Å²) < 4.78 is 36.7. The van der Waals surface area contributed by atoms with E-state index in [1.165, 1.54) is 283 Å². The Kier molecular flexibility index (Phi) is 80.6. The van der Waals surface area contributed by atoms with Crippen LogP contribution in [0.2, 0.25) is 0 Å². The van der Waals surface area contributed by atoms with Crippen molar-refractivity contribution in [2.24, 2.45) is 0 Å². The monoisotopic (exact) mass is 1390 g/mol. The van der Waals surface area contributed by atoms with Crippen LogP contribution in [-0.4, -0.2) is 42.3 Å². The first-order chi connectivity index (χ1) is 47.8. The molecule has 0 aliphatic rings. The van der Waals surface area contributed by atoms with Crippen molar-refractivity contribution in [1.29, 1.82) is 0 Å². The van der Waals surface area contributed by atoms with Gasteiger partial charge >= 0.3 is 19.8 Å². The van der Waals surface area contributed by atoms with Crippen LogP contribution in [0.5, 0.6) is 0 Å². The average molecular weight is 1390 g/mol. The molecule has 0 fully saturated rings. The molecule has 0 heterocycles. The molecule has 0 aliphatic carbocycles. The summed E-state index contributed by atoms with van der Waals surface area (Å²) >= 11 is 0. The Morgan fingerprint density at radius 3 is 0.701 bits per heavy atom. The Morgan fingerprint density at radius 1 is 0.268 bits per heavy atom. The quantitative estimate of drug-likeness (QED) is 0.0278. The van der Waals surface area contributed by atoms with Crippen molar-refractivity contribution in [3.63, 3.8) is 0 Å². The zero-order valence-corrected chi connectivity index (χ0v) is 66.9. The van der Waals surface area contributed by atoms with Crippen LogP contribution in [0.1, 0.15) is 503 Å². The lowest BCUT2D eigenvalue weighted by atomic mass is 10.0. The number of hydrogen-bond donors (Lipinski definition) is 1. The number of unbranched alkanes of at least 4 members (excludes halogenated alkanes) is 62. The van der Waals surface area contributed by atoms with Gasteiger partial charge in [-0.1, -0.05) is 437 Å². The van der Waals surface area contributed by atoms with Gasteiger partial charge in [0.15, 0.2) is 0 Å². The molecule has 9 heteroatoms. The van der Waals surface area contributed by atoms with Gasteiger partial charge in [0.1, 0.15) is 0 Å². The highest BCUT2D eigenvalue weighted by atomic mass is 31.2. The Morgan fingerprint density at radius 2 is 0.464 bits per heavy atom. The van der Waals surface area contributed by atoms with Crippen molar-refractivity contribution in [3.8, 4) is 0 Å². The van der Waals surface area contributed by atoms with Gasteiger partial charge in [0, 0.05) is 12.8 Å². The molecule has 0 spiro atoms. The van der Waals surface area contributed by atoms with E-state index in [1.807, 2.05) is 0 Å². The summed E-state index contributed by atoms with van der Waals surface area (Å²) in [7, 11) is -4.27. The average Bonchev–Trinajstić information content (AvgIpc) is 1.24. The fourth-order valence-electron chi connectivity index (χ4n) is 13.9. The summed E-state index contributed by atoms with van der Waals surface area (Å²) in [5.74, 6) is -0.0780.